The average molecular weight is 348 g/mol. The molecule has 4 bridgehead atoms. The fourth-order valence-electron chi connectivity index (χ4n) is 5.90. The smallest absolute Gasteiger partial charge is 0.302 e. The molecule has 128 valence electrons. The van der Waals surface area contributed by atoms with Gasteiger partial charge in [0.15, 0.2) is 5.82 Å². The van der Waals surface area contributed by atoms with Gasteiger partial charge in [-0.2, -0.15) is 4.98 Å². The van der Waals surface area contributed by atoms with Gasteiger partial charge in [0, 0.05) is 6.54 Å². The fraction of sp³-hybridized carbons (Fsp3) is 0.706. The first-order valence-corrected chi connectivity index (χ1v) is 9.42. The van der Waals surface area contributed by atoms with E-state index < -0.39 is 0 Å². The largest absolute Gasteiger partial charge is 0.340 e. The van der Waals surface area contributed by atoms with Crippen molar-refractivity contribution in [3.8, 4) is 0 Å². The molecule has 0 unspecified atom stereocenters. The van der Waals surface area contributed by atoms with E-state index in [9.17, 15) is 4.79 Å². The van der Waals surface area contributed by atoms with E-state index in [-0.39, 0.29) is 11.3 Å². The van der Waals surface area contributed by atoms with E-state index in [0.29, 0.717) is 30.1 Å². The number of carbonyl (C=O) groups excluding carboxylic acids is 1. The quantitative estimate of drug-likeness (QED) is 0.831. The standard InChI is InChI=1S/C17H22ClN5O/c1-2-22-17(24)20-13-8-19-16(18)21-15(13)23(22)14-11-4-9-3-10(6-11)7-12(14)5-9/h8-12,14H,2-7H2,1H3,(H,20,24). The summed E-state index contributed by atoms with van der Waals surface area (Å²) >= 11 is 6.08. The molecule has 7 heteroatoms. The Morgan fingerprint density at radius 1 is 1.21 bits per heavy atom. The number of hydrogen-bond donors (Lipinski definition) is 1. The van der Waals surface area contributed by atoms with E-state index in [2.05, 4.69) is 20.3 Å². The zero-order chi connectivity index (χ0) is 16.4. The van der Waals surface area contributed by atoms with Gasteiger partial charge >= 0.3 is 6.03 Å². The van der Waals surface area contributed by atoms with Gasteiger partial charge in [-0.05, 0) is 74.3 Å². The summed E-state index contributed by atoms with van der Waals surface area (Å²) in [6.45, 7) is 2.63. The summed E-state index contributed by atoms with van der Waals surface area (Å²) in [4.78, 5) is 21.1. The number of urea groups is 1. The van der Waals surface area contributed by atoms with Crippen molar-refractivity contribution < 1.29 is 4.79 Å². The molecule has 1 N–H and O–H groups in total. The number of hydrazine groups is 1. The van der Waals surface area contributed by atoms with Gasteiger partial charge in [0.2, 0.25) is 5.28 Å². The summed E-state index contributed by atoms with van der Waals surface area (Å²) in [7, 11) is 0. The van der Waals surface area contributed by atoms with Crippen LogP contribution in [-0.2, 0) is 0 Å². The lowest BCUT2D eigenvalue weighted by Crippen LogP contribution is -2.64. The monoisotopic (exact) mass is 347 g/mol. The molecule has 0 saturated heterocycles. The summed E-state index contributed by atoms with van der Waals surface area (Å²) in [5.74, 6) is 3.86. The van der Waals surface area contributed by atoms with Crippen molar-refractivity contribution in [3.63, 3.8) is 0 Å². The van der Waals surface area contributed by atoms with Gasteiger partial charge in [0.1, 0.15) is 5.69 Å². The number of amides is 2. The molecule has 6 nitrogen and oxygen atoms in total. The van der Waals surface area contributed by atoms with Gasteiger partial charge in [0.05, 0.1) is 12.2 Å². The average Bonchev–Trinajstić information content (AvgIpc) is 2.54. The second-order valence-corrected chi connectivity index (χ2v) is 8.13. The highest BCUT2D eigenvalue weighted by atomic mass is 35.5. The molecule has 2 heterocycles. The lowest BCUT2D eigenvalue weighted by atomic mass is 9.54. The van der Waals surface area contributed by atoms with Gasteiger partial charge in [-0.3, -0.25) is 5.01 Å². The number of hydrogen-bond acceptors (Lipinski definition) is 4. The lowest BCUT2D eigenvalue weighted by molar-refractivity contribution is -0.0165. The van der Waals surface area contributed by atoms with Crippen LogP contribution in [0.5, 0.6) is 0 Å². The van der Waals surface area contributed by atoms with E-state index in [4.69, 9.17) is 11.6 Å². The van der Waals surface area contributed by atoms with Crippen LogP contribution in [0.3, 0.4) is 0 Å². The number of fused-ring (bicyclic) bond motifs is 1. The Bertz CT molecular complexity index is 668. The molecule has 0 spiro atoms. The van der Waals surface area contributed by atoms with Crippen LogP contribution >= 0.6 is 11.6 Å². The summed E-state index contributed by atoms with van der Waals surface area (Å²) in [6, 6.07) is 0.262. The second-order valence-electron chi connectivity index (χ2n) is 7.79. The Labute approximate surface area is 146 Å². The first-order chi connectivity index (χ1) is 11.6. The highest BCUT2D eigenvalue weighted by Crippen LogP contribution is 2.56. The summed E-state index contributed by atoms with van der Waals surface area (Å²) in [5, 5.41) is 7.10. The molecule has 1 aromatic heterocycles. The minimum absolute atomic E-state index is 0.0928. The van der Waals surface area contributed by atoms with Crippen molar-refractivity contribution in [3.05, 3.63) is 11.5 Å². The molecule has 0 atom stereocenters. The molecule has 5 aliphatic rings. The van der Waals surface area contributed by atoms with Crippen molar-refractivity contribution in [1.82, 2.24) is 15.0 Å². The third-order valence-corrected chi connectivity index (χ3v) is 6.63. The highest BCUT2D eigenvalue weighted by Gasteiger charge is 2.53. The molecule has 4 aliphatic carbocycles. The minimum Gasteiger partial charge on any atom is -0.302 e. The Morgan fingerprint density at radius 3 is 2.50 bits per heavy atom. The first kappa shape index (κ1) is 14.8. The third kappa shape index (κ3) is 2.05. The summed E-state index contributed by atoms with van der Waals surface area (Å²) in [6.07, 6.45) is 8.22. The third-order valence-electron chi connectivity index (χ3n) is 6.45. The lowest BCUT2D eigenvalue weighted by Gasteiger charge is -2.59. The number of rotatable bonds is 2. The molecule has 6 rings (SSSR count). The van der Waals surface area contributed by atoms with Crippen LogP contribution in [0.2, 0.25) is 5.28 Å². The van der Waals surface area contributed by atoms with E-state index in [0.717, 1.165) is 17.7 Å². The molecule has 4 saturated carbocycles. The number of nitrogens with one attached hydrogen (secondary N) is 1. The van der Waals surface area contributed by atoms with E-state index in [1.807, 2.05) is 6.92 Å². The van der Waals surface area contributed by atoms with Crippen LogP contribution in [0.25, 0.3) is 0 Å². The van der Waals surface area contributed by atoms with Crippen LogP contribution in [0, 0.1) is 23.7 Å². The Morgan fingerprint density at radius 2 is 1.88 bits per heavy atom. The number of aromatic nitrogens is 2. The van der Waals surface area contributed by atoms with Crippen LogP contribution < -0.4 is 10.3 Å². The SMILES string of the molecule is CCN1C(=O)Nc2cnc(Cl)nc2N1C1C2CC3CC(C2)CC1C3. The number of halogens is 1. The summed E-state index contributed by atoms with van der Waals surface area (Å²) < 4.78 is 0. The number of carbonyl (C=O) groups is 1. The molecule has 1 aromatic rings. The molecule has 2 amide bonds. The van der Waals surface area contributed by atoms with Crippen LogP contribution in [0.4, 0.5) is 16.3 Å². The van der Waals surface area contributed by atoms with Gasteiger partial charge in [-0.1, -0.05) is 0 Å². The van der Waals surface area contributed by atoms with Crippen LogP contribution in [0.15, 0.2) is 6.20 Å². The fourth-order valence-corrected chi connectivity index (χ4v) is 6.03. The minimum atomic E-state index is -0.0928. The molecule has 1 aliphatic heterocycles. The Hall–Kier alpha value is -1.56. The van der Waals surface area contributed by atoms with Gasteiger partial charge < -0.3 is 5.32 Å². The van der Waals surface area contributed by atoms with E-state index in [1.54, 1.807) is 11.2 Å². The second kappa shape index (κ2) is 5.22. The van der Waals surface area contributed by atoms with Crippen molar-refractivity contribution >= 4 is 29.1 Å². The van der Waals surface area contributed by atoms with E-state index >= 15 is 0 Å². The van der Waals surface area contributed by atoms with Crippen molar-refractivity contribution in [2.45, 2.75) is 45.1 Å². The van der Waals surface area contributed by atoms with Gasteiger partial charge in [-0.25, -0.2) is 14.8 Å². The molecular weight excluding hydrogens is 326 g/mol. The first-order valence-electron chi connectivity index (χ1n) is 9.04. The molecular formula is C17H22ClN5O. The maximum atomic E-state index is 12.6. The zero-order valence-electron chi connectivity index (χ0n) is 13.8. The normalized spacial score (nSPS) is 36.8. The predicted octanol–water partition coefficient (Wildman–Crippen LogP) is 3.54. The Balaban J connectivity index is 1.60. The predicted molar refractivity (Wildman–Crippen MR) is 91.8 cm³/mol. The number of nitrogens with zero attached hydrogens (tertiary/aromatic N) is 4. The van der Waals surface area contributed by atoms with Crippen LogP contribution in [0.1, 0.15) is 39.0 Å². The maximum absolute atomic E-state index is 12.6. The maximum Gasteiger partial charge on any atom is 0.340 e. The highest BCUT2D eigenvalue weighted by molar-refractivity contribution is 6.28. The van der Waals surface area contributed by atoms with Crippen molar-refractivity contribution in [2.75, 3.05) is 16.9 Å². The number of anilines is 2. The summed E-state index contributed by atoms with van der Waals surface area (Å²) in [5.41, 5.74) is 0.669. The van der Waals surface area contributed by atoms with Gasteiger partial charge in [0.25, 0.3) is 0 Å². The molecule has 0 radical (unpaired) electrons. The topological polar surface area (TPSA) is 61.4 Å². The van der Waals surface area contributed by atoms with E-state index in [1.165, 1.54) is 32.1 Å². The zero-order valence-corrected chi connectivity index (χ0v) is 14.5. The van der Waals surface area contributed by atoms with Crippen LogP contribution in [-0.4, -0.2) is 33.6 Å². The Kier molecular flexibility index (Phi) is 3.21. The molecule has 0 aromatic carbocycles. The molecule has 24 heavy (non-hydrogen) atoms. The van der Waals surface area contributed by atoms with Crippen molar-refractivity contribution in [1.29, 1.82) is 0 Å². The van der Waals surface area contributed by atoms with Gasteiger partial charge in [-0.15, -0.1) is 0 Å². The molecule has 4 fully saturated rings. The van der Waals surface area contributed by atoms with Crippen molar-refractivity contribution in [2.24, 2.45) is 23.7 Å².